The molecule has 116 valence electrons. The number of carbonyl (C=O) groups is 1. The van der Waals surface area contributed by atoms with Crippen LogP contribution in [0.4, 0.5) is 5.69 Å². The number of benzene rings is 2. The summed E-state index contributed by atoms with van der Waals surface area (Å²) >= 11 is 7.51. The van der Waals surface area contributed by atoms with Crippen molar-refractivity contribution in [1.82, 2.24) is 0 Å². The van der Waals surface area contributed by atoms with Gasteiger partial charge < -0.3 is 10.1 Å². The molecule has 0 aliphatic heterocycles. The third kappa shape index (κ3) is 4.18. The van der Waals surface area contributed by atoms with Gasteiger partial charge in [-0.25, -0.2) is 0 Å². The number of rotatable bonds is 5. The normalized spacial score (nSPS) is 11.8. The van der Waals surface area contributed by atoms with E-state index in [1.54, 1.807) is 30.8 Å². The molecule has 1 atom stereocenters. The van der Waals surface area contributed by atoms with Crippen LogP contribution in [0.2, 0.25) is 5.02 Å². The van der Waals surface area contributed by atoms with E-state index in [-0.39, 0.29) is 5.91 Å². The molecule has 2 rings (SSSR count). The molecular weight excluding hydrogens is 318 g/mol. The molecule has 0 spiro atoms. The molecule has 0 aliphatic rings. The SMILES string of the molecule is CSc1ccccc1NC(=O)[C@H](C)Oc1ccc(Cl)cc1C. The standard InChI is InChI=1S/C17H18ClNO2S/c1-11-10-13(18)8-9-15(11)21-12(2)17(20)19-14-6-4-5-7-16(14)22-3/h4-10,12H,1-3H3,(H,19,20)/t12-/m0/s1. The second kappa shape index (κ2) is 7.56. The number of amides is 1. The lowest BCUT2D eigenvalue weighted by molar-refractivity contribution is -0.122. The van der Waals surface area contributed by atoms with Crippen LogP contribution in [0, 0.1) is 6.92 Å². The van der Waals surface area contributed by atoms with Crippen LogP contribution in [0.5, 0.6) is 5.75 Å². The van der Waals surface area contributed by atoms with Gasteiger partial charge in [0, 0.05) is 9.92 Å². The first-order valence-electron chi connectivity index (χ1n) is 6.88. The van der Waals surface area contributed by atoms with E-state index in [9.17, 15) is 4.79 Å². The van der Waals surface area contributed by atoms with Gasteiger partial charge in [0.05, 0.1) is 5.69 Å². The summed E-state index contributed by atoms with van der Waals surface area (Å²) in [6.45, 7) is 3.62. The largest absolute Gasteiger partial charge is 0.481 e. The lowest BCUT2D eigenvalue weighted by atomic mass is 10.2. The van der Waals surface area contributed by atoms with E-state index in [0.29, 0.717) is 10.8 Å². The Labute approximate surface area is 140 Å². The molecule has 0 saturated heterocycles. The smallest absolute Gasteiger partial charge is 0.265 e. The highest BCUT2D eigenvalue weighted by Gasteiger charge is 2.17. The van der Waals surface area contributed by atoms with Crippen molar-refractivity contribution in [3.05, 3.63) is 53.1 Å². The molecule has 0 fully saturated rings. The molecule has 0 aliphatic carbocycles. The van der Waals surface area contributed by atoms with E-state index in [4.69, 9.17) is 16.3 Å². The number of ether oxygens (including phenoxy) is 1. The van der Waals surface area contributed by atoms with Crippen molar-refractivity contribution >= 4 is 35.0 Å². The predicted octanol–water partition coefficient (Wildman–Crippen LogP) is 4.78. The van der Waals surface area contributed by atoms with Crippen molar-refractivity contribution in [2.45, 2.75) is 24.8 Å². The van der Waals surface area contributed by atoms with E-state index < -0.39 is 6.10 Å². The van der Waals surface area contributed by atoms with Crippen LogP contribution in [0.25, 0.3) is 0 Å². The highest BCUT2D eigenvalue weighted by Crippen LogP contribution is 2.26. The Morgan fingerprint density at radius 3 is 2.68 bits per heavy atom. The number of aryl methyl sites for hydroxylation is 1. The van der Waals surface area contributed by atoms with Gasteiger partial charge in [-0.2, -0.15) is 0 Å². The summed E-state index contributed by atoms with van der Waals surface area (Å²) in [5.74, 6) is 0.473. The van der Waals surface area contributed by atoms with Crippen LogP contribution in [0.3, 0.4) is 0 Å². The molecule has 5 heteroatoms. The van der Waals surface area contributed by atoms with E-state index in [0.717, 1.165) is 16.1 Å². The number of anilines is 1. The van der Waals surface area contributed by atoms with Gasteiger partial charge in [0.1, 0.15) is 5.75 Å². The molecule has 0 saturated carbocycles. The van der Waals surface area contributed by atoms with Crippen LogP contribution < -0.4 is 10.1 Å². The van der Waals surface area contributed by atoms with Crippen LogP contribution in [0.1, 0.15) is 12.5 Å². The number of hydrogen-bond donors (Lipinski definition) is 1. The van der Waals surface area contributed by atoms with Gasteiger partial charge in [0.2, 0.25) is 0 Å². The maximum Gasteiger partial charge on any atom is 0.265 e. The number of halogens is 1. The predicted molar refractivity (Wildman–Crippen MR) is 93.1 cm³/mol. The molecule has 3 nitrogen and oxygen atoms in total. The van der Waals surface area contributed by atoms with Gasteiger partial charge >= 0.3 is 0 Å². The summed E-state index contributed by atoms with van der Waals surface area (Å²) in [5.41, 5.74) is 1.69. The average molecular weight is 336 g/mol. The third-order valence-electron chi connectivity index (χ3n) is 3.17. The van der Waals surface area contributed by atoms with E-state index in [2.05, 4.69) is 5.32 Å². The van der Waals surface area contributed by atoms with Gasteiger partial charge in [-0.15, -0.1) is 11.8 Å². The molecule has 0 unspecified atom stereocenters. The number of para-hydroxylation sites is 1. The fraction of sp³-hybridized carbons (Fsp3) is 0.235. The van der Waals surface area contributed by atoms with Crippen LogP contribution >= 0.6 is 23.4 Å². The third-order valence-corrected chi connectivity index (χ3v) is 4.21. The molecule has 22 heavy (non-hydrogen) atoms. The maximum absolute atomic E-state index is 12.3. The Hall–Kier alpha value is -1.65. The Kier molecular flexibility index (Phi) is 5.75. The van der Waals surface area contributed by atoms with Crippen molar-refractivity contribution in [2.75, 3.05) is 11.6 Å². The van der Waals surface area contributed by atoms with Crippen molar-refractivity contribution in [3.8, 4) is 5.75 Å². The van der Waals surface area contributed by atoms with E-state index >= 15 is 0 Å². The first-order chi connectivity index (χ1) is 10.5. The summed E-state index contributed by atoms with van der Waals surface area (Å²) in [5, 5.41) is 3.55. The number of nitrogens with one attached hydrogen (secondary N) is 1. The van der Waals surface area contributed by atoms with Gasteiger partial charge in [-0.05, 0) is 56.0 Å². The maximum atomic E-state index is 12.3. The van der Waals surface area contributed by atoms with Crippen LogP contribution in [0.15, 0.2) is 47.4 Å². The molecule has 1 N–H and O–H groups in total. The van der Waals surface area contributed by atoms with Gasteiger partial charge in [-0.3, -0.25) is 4.79 Å². The molecule has 2 aromatic rings. The molecule has 0 bridgehead atoms. The summed E-state index contributed by atoms with van der Waals surface area (Å²) in [4.78, 5) is 13.3. The van der Waals surface area contributed by atoms with Crippen LogP contribution in [-0.4, -0.2) is 18.3 Å². The Morgan fingerprint density at radius 2 is 2.00 bits per heavy atom. The summed E-state index contributed by atoms with van der Waals surface area (Å²) in [6, 6.07) is 13.0. The lowest BCUT2D eigenvalue weighted by Crippen LogP contribution is -2.30. The highest BCUT2D eigenvalue weighted by molar-refractivity contribution is 7.98. The number of thioether (sulfide) groups is 1. The second-order valence-electron chi connectivity index (χ2n) is 4.86. The first kappa shape index (κ1) is 16.7. The van der Waals surface area contributed by atoms with E-state index in [1.165, 1.54) is 0 Å². The topological polar surface area (TPSA) is 38.3 Å². The van der Waals surface area contributed by atoms with Crippen LogP contribution in [-0.2, 0) is 4.79 Å². The summed E-state index contributed by atoms with van der Waals surface area (Å²) in [7, 11) is 0. The molecule has 1 amide bonds. The zero-order valence-electron chi connectivity index (χ0n) is 12.7. The van der Waals surface area contributed by atoms with E-state index in [1.807, 2.05) is 43.5 Å². The number of carbonyl (C=O) groups excluding carboxylic acids is 1. The Bertz CT molecular complexity index is 675. The average Bonchev–Trinajstić information content (AvgIpc) is 2.50. The quantitative estimate of drug-likeness (QED) is 0.799. The van der Waals surface area contributed by atoms with Gasteiger partial charge in [0.25, 0.3) is 5.91 Å². The minimum atomic E-state index is -0.602. The zero-order chi connectivity index (χ0) is 16.1. The summed E-state index contributed by atoms with van der Waals surface area (Å²) in [6.07, 6.45) is 1.37. The zero-order valence-corrected chi connectivity index (χ0v) is 14.3. The van der Waals surface area contributed by atoms with Crippen molar-refractivity contribution in [3.63, 3.8) is 0 Å². The minimum Gasteiger partial charge on any atom is -0.481 e. The van der Waals surface area contributed by atoms with Gasteiger partial charge in [0.15, 0.2) is 6.10 Å². The lowest BCUT2D eigenvalue weighted by Gasteiger charge is -2.17. The second-order valence-corrected chi connectivity index (χ2v) is 6.14. The monoisotopic (exact) mass is 335 g/mol. The van der Waals surface area contributed by atoms with Crippen molar-refractivity contribution in [1.29, 1.82) is 0 Å². The highest BCUT2D eigenvalue weighted by atomic mass is 35.5. The fourth-order valence-electron chi connectivity index (χ4n) is 1.97. The summed E-state index contributed by atoms with van der Waals surface area (Å²) < 4.78 is 5.73. The molecule has 0 heterocycles. The molecule has 0 aromatic heterocycles. The van der Waals surface area contributed by atoms with Crippen molar-refractivity contribution < 1.29 is 9.53 Å². The molecular formula is C17H18ClNO2S. The molecule has 0 radical (unpaired) electrons. The first-order valence-corrected chi connectivity index (χ1v) is 8.48. The molecule has 2 aromatic carbocycles. The Morgan fingerprint density at radius 1 is 1.27 bits per heavy atom. The Balaban J connectivity index is 2.06. The fourth-order valence-corrected chi connectivity index (χ4v) is 2.75. The number of hydrogen-bond acceptors (Lipinski definition) is 3. The van der Waals surface area contributed by atoms with Crippen molar-refractivity contribution in [2.24, 2.45) is 0 Å². The van der Waals surface area contributed by atoms with Gasteiger partial charge in [-0.1, -0.05) is 23.7 Å². The minimum absolute atomic E-state index is 0.184.